The number of fused-ring (bicyclic) bond motifs is 1. The lowest BCUT2D eigenvalue weighted by molar-refractivity contribution is -0.116. The maximum atomic E-state index is 14.6. The van der Waals surface area contributed by atoms with E-state index in [2.05, 4.69) is 10.3 Å². The first-order valence-corrected chi connectivity index (χ1v) is 10.6. The topological polar surface area (TPSA) is 99.6 Å². The summed E-state index contributed by atoms with van der Waals surface area (Å²) < 4.78 is 42.3. The molecule has 0 fully saturated rings. The summed E-state index contributed by atoms with van der Waals surface area (Å²) in [6.07, 6.45) is -0.196. The fraction of sp³-hybridized carbons (Fsp3) is 0.182. The van der Waals surface area contributed by atoms with Crippen LogP contribution in [0.1, 0.15) is 50.9 Å². The van der Waals surface area contributed by atoms with Crippen LogP contribution in [0.3, 0.4) is 0 Å². The average molecular weight is 475 g/mol. The molecule has 1 aromatic heterocycles. The van der Waals surface area contributed by atoms with E-state index in [1.54, 1.807) is 0 Å². The number of nitrogens with zero attached hydrogens (tertiary/aromatic N) is 2. The van der Waals surface area contributed by atoms with Crippen molar-refractivity contribution in [2.45, 2.75) is 25.4 Å². The number of thiazole rings is 1. The minimum Gasteiger partial charge on any atom is -0.476 e. The highest BCUT2D eigenvalue weighted by atomic mass is 32.1. The first-order chi connectivity index (χ1) is 15.7. The van der Waals surface area contributed by atoms with E-state index < -0.39 is 41.3 Å². The van der Waals surface area contributed by atoms with Crippen LogP contribution in [-0.2, 0) is 11.3 Å². The molecule has 7 nitrogen and oxygen atoms in total. The predicted molar refractivity (Wildman–Crippen MR) is 112 cm³/mol. The average Bonchev–Trinajstić information content (AvgIpc) is 3.35. The number of amides is 2. The molecule has 0 saturated carbocycles. The Labute approximate surface area is 189 Å². The van der Waals surface area contributed by atoms with E-state index in [1.165, 1.54) is 34.5 Å². The Bertz CT molecular complexity index is 1250. The molecule has 0 radical (unpaired) electrons. The number of carbonyl (C=O) groups is 3. The van der Waals surface area contributed by atoms with Crippen molar-refractivity contribution in [3.8, 4) is 0 Å². The molecule has 1 aliphatic rings. The van der Waals surface area contributed by atoms with Gasteiger partial charge in [0, 0.05) is 23.9 Å². The van der Waals surface area contributed by atoms with Gasteiger partial charge in [0.2, 0.25) is 5.91 Å². The van der Waals surface area contributed by atoms with Crippen LogP contribution in [0.2, 0.25) is 0 Å². The van der Waals surface area contributed by atoms with Crippen molar-refractivity contribution in [1.29, 1.82) is 0 Å². The molecule has 1 atom stereocenters. The van der Waals surface area contributed by atoms with Crippen molar-refractivity contribution in [2.24, 2.45) is 0 Å². The predicted octanol–water partition coefficient (Wildman–Crippen LogP) is 4.37. The summed E-state index contributed by atoms with van der Waals surface area (Å²) in [6.45, 7) is -0.0343. The molecule has 0 bridgehead atoms. The zero-order valence-corrected chi connectivity index (χ0v) is 17.7. The van der Waals surface area contributed by atoms with Gasteiger partial charge in [-0.05, 0) is 36.2 Å². The number of carbonyl (C=O) groups excluding carboxylic acids is 2. The van der Waals surface area contributed by atoms with Crippen LogP contribution in [0.25, 0.3) is 0 Å². The first-order valence-electron chi connectivity index (χ1n) is 9.76. The Balaban J connectivity index is 1.55. The normalized spacial score (nSPS) is 14.9. The molecule has 33 heavy (non-hydrogen) atoms. The molecule has 4 rings (SSSR count). The third kappa shape index (κ3) is 4.58. The SMILES string of the molecule is O=C(CCC1c2c(F)ccc(F)c2C(=O)N1Cc1ccc(F)cc1)Nc1nc(C(=O)O)cs1. The Kier molecular flexibility index (Phi) is 6.14. The Morgan fingerprint density at radius 2 is 1.79 bits per heavy atom. The van der Waals surface area contributed by atoms with E-state index in [1.807, 2.05) is 0 Å². The first kappa shape index (κ1) is 22.5. The van der Waals surface area contributed by atoms with Gasteiger partial charge in [-0.1, -0.05) is 12.1 Å². The summed E-state index contributed by atoms with van der Waals surface area (Å²) in [5.41, 5.74) is -0.170. The molecular weight excluding hydrogens is 459 g/mol. The fourth-order valence-electron chi connectivity index (χ4n) is 3.70. The summed E-state index contributed by atoms with van der Waals surface area (Å²) >= 11 is 0.933. The number of anilines is 1. The molecule has 0 spiro atoms. The lowest BCUT2D eigenvalue weighted by Gasteiger charge is -2.25. The van der Waals surface area contributed by atoms with Crippen LogP contribution in [0.5, 0.6) is 0 Å². The van der Waals surface area contributed by atoms with Gasteiger partial charge in [-0.25, -0.2) is 22.9 Å². The van der Waals surface area contributed by atoms with Crippen LogP contribution in [0, 0.1) is 17.5 Å². The van der Waals surface area contributed by atoms with Gasteiger partial charge in [-0.15, -0.1) is 11.3 Å². The van der Waals surface area contributed by atoms with Gasteiger partial charge in [0.1, 0.15) is 17.5 Å². The zero-order chi connectivity index (χ0) is 23.7. The van der Waals surface area contributed by atoms with Gasteiger partial charge in [0.25, 0.3) is 5.91 Å². The van der Waals surface area contributed by atoms with Crippen molar-refractivity contribution in [3.63, 3.8) is 0 Å². The highest BCUT2D eigenvalue weighted by Crippen LogP contribution is 2.40. The molecule has 0 aliphatic carbocycles. The van der Waals surface area contributed by atoms with E-state index >= 15 is 0 Å². The third-order valence-corrected chi connectivity index (χ3v) is 5.96. The van der Waals surface area contributed by atoms with Crippen LogP contribution >= 0.6 is 11.3 Å². The van der Waals surface area contributed by atoms with E-state index in [-0.39, 0.29) is 41.3 Å². The molecule has 2 heterocycles. The van der Waals surface area contributed by atoms with Crippen LogP contribution in [-0.4, -0.2) is 32.8 Å². The zero-order valence-electron chi connectivity index (χ0n) is 16.8. The second-order valence-electron chi connectivity index (χ2n) is 7.32. The van der Waals surface area contributed by atoms with Crippen molar-refractivity contribution < 1.29 is 32.7 Å². The molecule has 170 valence electrons. The number of benzene rings is 2. The highest BCUT2D eigenvalue weighted by Gasteiger charge is 2.41. The maximum Gasteiger partial charge on any atom is 0.355 e. The highest BCUT2D eigenvalue weighted by molar-refractivity contribution is 7.14. The number of rotatable bonds is 7. The molecule has 0 saturated heterocycles. The summed E-state index contributed by atoms with van der Waals surface area (Å²) in [7, 11) is 0. The Morgan fingerprint density at radius 1 is 1.09 bits per heavy atom. The van der Waals surface area contributed by atoms with Crippen LogP contribution in [0.4, 0.5) is 18.3 Å². The van der Waals surface area contributed by atoms with Crippen molar-refractivity contribution in [2.75, 3.05) is 5.32 Å². The molecular formula is C22H16F3N3O4S. The molecule has 2 aromatic carbocycles. The number of carboxylic acid groups (broad SMARTS) is 1. The van der Waals surface area contributed by atoms with Crippen molar-refractivity contribution in [3.05, 3.63) is 81.6 Å². The number of aromatic nitrogens is 1. The minimum absolute atomic E-state index is 0.0245. The van der Waals surface area contributed by atoms with E-state index in [0.717, 1.165) is 23.5 Å². The smallest absolute Gasteiger partial charge is 0.355 e. The van der Waals surface area contributed by atoms with Gasteiger partial charge >= 0.3 is 5.97 Å². The number of halogens is 3. The molecule has 2 N–H and O–H groups in total. The standard InChI is InChI=1S/C22H16F3N3O4S/c23-12-3-1-11(2-4-12)9-28-16(18-13(24)5-6-14(25)19(18)20(28)30)7-8-17(29)27-22-26-15(10-33-22)21(31)32/h1-6,10,16H,7-9H2,(H,31,32)(H,26,27,29). The third-order valence-electron chi connectivity index (χ3n) is 5.21. The number of hydrogen-bond donors (Lipinski definition) is 2. The van der Waals surface area contributed by atoms with E-state index in [0.29, 0.717) is 5.56 Å². The van der Waals surface area contributed by atoms with Crippen molar-refractivity contribution in [1.82, 2.24) is 9.88 Å². The maximum absolute atomic E-state index is 14.6. The number of aromatic carboxylic acids is 1. The Morgan fingerprint density at radius 3 is 2.45 bits per heavy atom. The lowest BCUT2D eigenvalue weighted by Crippen LogP contribution is -2.28. The second-order valence-corrected chi connectivity index (χ2v) is 8.18. The summed E-state index contributed by atoms with van der Waals surface area (Å²) in [5, 5.41) is 12.7. The summed E-state index contributed by atoms with van der Waals surface area (Å²) in [5.74, 6) is -4.58. The van der Waals surface area contributed by atoms with Gasteiger partial charge in [-0.2, -0.15) is 0 Å². The monoisotopic (exact) mass is 475 g/mol. The number of hydrogen-bond acceptors (Lipinski definition) is 5. The fourth-order valence-corrected chi connectivity index (χ4v) is 4.40. The van der Waals surface area contributed by atoms with Gasteiger partial charge in [0.15, 0.2) is 10.8 Å². The Hall–Kier alpha value is -3.73. The van der Waals surface area contributed by atoms with Crippen LogP contribution in [0.15, 0.2) is 41.8 Å². The summed E-state index contributed by atoms with van der Waals surface area (Å²) in [6, 6.07) is 6.23. The van der Waals surface area contributed by atoms with Gasteiger partial charge in [-0.3, -0.25) is 9.59 Å². The quantitative estimate of drug-likeness (QED) is 0.529. The molecule has 2 amide bonds. The van der Waals surface area contributed by atoms with E-state index in [9.17, 15) is 27.6 Å². The van der Waals surface area contributed by atoms with Crippen LogP contribution < -0.4 is 5.32 Å². The molecule has 11 heteroatoms. The van der Waals surface area contributed by atoms with Crippen molar-refractivity contribution >= 4 is 34.3 Å². The molecule has 3 aromatic rings. The molecule has 1 aliphatic heterocycles. The summed E-state index contributed by atoms with van der Waals surface area (Å²) in [4.78, 5) is 41.3. The largest absolute Gasteiger partial charge is 0.476 e. The molecule has 1 unspecified atom stereocenters. The lowest BCUT2D eigenvalue weighted by atomic mass is 9.99. The second kappa shape index (κ2) is 9.02. The number of carboxylic acids is 1. The van der Waals surface area contributed by atoms with E-state index in [4.69, 9.17) is 5.11 Å². The van der Waals surface area contributed by atoms with Gasteiger partial charge < -0.3 is 15.3 Å². The number of nitrogens with one attached hydrogen (secondary N) is 1. The van der Waals surface area contributed by atoms with Gasteiger partial charge in [0.05, 0.1) is 11.6 Å². The minimum atomic E-state index is -1.23.